The average Bonchev–Trinajstić information content (AvgIpc) is 2.87. The van der Waals surface area contributed by atoms with Gasteiger partial charge in [-0.1, -0.05) is 35.9 Å². The standard InChI is InChI=1S/C20H21N3O/c1-4-23-15(3)18(17-7-5-6-8-19(17)23)13-21-22-20(24)16-11-9-14(2)10-12-16/h5-13H,4H2,1-3H3,(H,22,24)/b21-13-. The number of hydrogen-bond donors (Lipinski definition) is 1. The van der Waals surface area contributed by atoms with Gasteiger partial charge in [0.25, 0.3) is 5.91 Å². The van der Waals surface area contributed by atoms with Crippen LogP contribution in [0.5, 0.6) is 0 Å². The van der Waals surface area contributed by atoms with Gasteiger partial charge in [-0.05, 0) is 39.0 Å². The van der Waals surface area contributed by atoms with Crippen LogP contribution in [0.2, 0.25) is 0 Å². The number of aromatic nitrogens is 1. The highest BCUT2D eigenvalue weighted by atomic mass is 16.2. The van der Waals surface area contributed by atoms with Crippen LogP contribution in [-0.2, 0) is 6.54 Å². The first kappa shape index (κ1) is 16.0. The first-order valence-corrected chi connectivity index (χ1v) is 8.09. The third kappa shape index (κ3) is 2.95. The van der Waals surface area contributed by atoms with Gasteiger partial charge >= 0.3 is 0 Å². The average molecular weight is 319 g/mol. The van der Waals surface area contributed by atoms with Gasteiger partial charge in [-0.2, -0.15) is 5.10 Å². The molecule has 0 spiro atoms. The largest absolute Gasteiger partial charge is 0.344 e. The smallest absolute Gasteiger partial charge is 0.271 e. The molecule has 1 aromatic heterocycles. The number of hydrogen-bond acceptors (Lipinski definition) is 2. The third-order valence-corrected chi connectivity index (χ3v) is 4.27. The Kier molecular flexibility index (Phi) is 4.47. The maximum atomic E-state index is 12.1. The van der Waals surface area contributed by atoms with Crippen LogP contribution >= 0.6 is 0 Å². The van der Waals surface area contributed by atoms with E-state index in [1.165, 1.54) is 5.52 Å². The maximum absolute atomic E-state index is 12.1. The molecule has 0 saturated heterocycles. The van der Waals surface area contributed by atoms with Crippen molar-refractivity contribution in [2.75, 3.05) is 0 Å². The molecule has 3 rings (SSSR count). The number of nitrogens with zero attached hydrogens (tertiary/aromatic N) is 2. The minimum atomic E-state index is -0.205. The van der Waals surface area contributed by atoms with Crippen LogP contribution in [0.3, 0.4) is 0 Å². The van der Waals surface area contributed by atoms with Crippen molar-refractivity contribution in [1.82, 2.24) is 9.99 Å². The second-order valence-electron chi connectivity index (χ2n) is 5.83. The SMILES string of the molecule is CCn1c(C)c(/C=N\NC(=O)c2ccc(C)cc2)c2ccccc21. The molecule has 24 heavy (non-hydrogen) atoms. The zero-order valence-corrected chi connectivity index (χ0v) is 14.2. The molecule has 3 aromatic rings. The first-order valence-electron chi connectivity index (χ1n) is 8.09. The summed E-state index contributed by atoms with van der Waals surface area (Å²) < 4.78 is 2.25. The summed E-state index contributed by atoms with van der Waals surface area (Å²) in [5, 5.41) is 5.30. The molecule has 0 aliphatic rings. The Labute approximate surface area is 141 Å². The van der Waals surface area contributed by atoms with E-state index in [1.807, 2.05) is 31.2 Å². The highest BCUT2D eigenvalue weighted by Gasteiger charge is 2.11. The number of benzene rings is 2. The van der Waals surface area contributed by atoms with E-state index in [1.54, 1.807) is 18.3 Å². The lowest BCUT2D eigenvalue weighted by atomic mass is 10.1. The summed E-state index contributed by atoms with van der Waals surface area (Å²) in [4.78, 5) is 12.1. The Morgan fingerprint density at radius 3 is 2.54 bits per heavy atom. The van der Waals surface area contributed by atoms with Gasteiger partial charge in [0.1, 0.15) is 0 Å². The van der Waals surface area contributed by atoms with Gasteiger partial charge in [0, 0.05) is 34.3 Å². The van der Waals surface area contributed by atoms with Crippen LogP contribution in [0, 0.1) is 13.8 Å². The highest BCUT2D eigenvalue weighted by Crippen LogP contribution is 2.24. The van der Waals surface area contributed by atoms with Crippen molar-refractivity contribution in [2.45, 2.75) is 27.3 Å². The van der Waals surface area contributed by atoms with Crippen molar-refractivity contribution in [3.63, 3.8) is 0 Å². The molecule has 1 N–H and O–H groups in total. The second kappa shape index (κ2) is 6.71. The number of carbonyl (C=O) groups is 1. The summed E-state index contributed by atoms with van der Waals surface area (Å²) in [6.45, 7) is 7.09. The Balaban J connectivity index is 1.84. The molecule has 0 unspecified atom stereocenters. The molecule has 0 aliphatic heterocycles. The predicted octanol–water partition coefficient (Wildman–Crippen LogP) is 4.04. The molecule has 0 saturated carbocycles. The number of rotatable bonds is 4. The fraction of sp³-hybridized carbons (Fsp3) is 0.200. The Bertz CT molecular complexity index is 905. The lowest BCUT2D eigenvalue weighted by Crippen LogP contribution is -2.17. The highest BCUT2D eigenvalue weighted by molar-refractivity contribution is 6.02. The predicted molar refractivity (Wildman–Crippen MR) is 98.6 cm³/mol. The first-order chi connectivity index (χ1) is 11.6. The number of hydrazone groups is 1. The molecule has 1 heterocycles. The summed E-state index contributed by atoms with van der Waals surface area (Å²) in [7, 11) is 0. The lowest BCUT2D eigenvalue weighted by Gasteiger charge is -2.03. The van der Waals surface area contributed by atoms with Gasteiger partial charge in [-0.25, -0.2) is 5.43 Å². The van der Waals surface area contributed by atoms with E-state index in [0.717, 1.165) is 28.8 Å². The van der Waals surface area contributed by atoms with Crippen molar-refractivity contribution in [3.05, 3.63) is 70.9 Å². The minimum absolute atomic E-state index is 0.205. The zero-order chi connectivity index (χ0) is 17.1. The number of para-hydroxylation sites is 1. The van der Waals surface area contributed by atoms with Crippen molar-refractivity contribution in [3.8, 4) is 0 Å². The van der Waals surface area contributed by atoms with Crippen LogP contribution in [0.15, 0.2) is 53.6 Å². The monoisotopic (exact) mass is 319 g/mol. The Morgan fingerprint density at radius 2 is 1.83 bits per heavy atom. The number of amides is 1. The van der Waals surface area contributed by atoms with Crippen molar-refractivity contribution >= 4 is 23.0 Å². The summed E-state index contributed by atoms with van der Waals surface area (Å²) >= 11 is 0. The van der Waals surface area contributed by atoms with E-state index in [0.29, 0.717) is 5.56 Å². The second-order valence-corrected chi connectivity index (χ2v) is 5.83. The number of nitrogens with one attached hydrogen (secondary N) is 1. The molecule has 122 valence electrons. The van der Waals surface area contributed by atoms with E-state index < -0.39 is 0 Å². The summed E-state index contributed by atoms with van der Waals surface area (Å²) in [6, 6.07) is 15.7. The minimum Gasteiger partial charge on any atom is -0.344 e. The van der Waals surface area contributed by atoms with Crippen LogP contribution in [0.1, 0.15) is 34.1 Å². The molecule has 4 nitrogen and oxygen atoms in total. The molecular weight excluding hydrogens is 298 g/mol. The van der Waals surface area contributed by atoms with Crippen LogP contribution in [0.25, 0.3) is 10.9 Å². The molecule has 2 aromatic carbocycles. The third-order valence-electron chi connectivity index (χ3n) is 4.27. The van der Waals surface area contributed by atoms with E-state index in [4.69, 9.17) is 0 Å². The lowest BCUT2D eigenvalue weighted by molar-refractivity contribution is 0.0955. The van der Waals surface area contributed by atoms with E-state index in [2.05, 4.69) is 41.1 Å². The molecule has 0 fully saturated rings. The molecule has 0 atom stereocenters. The molecule has 1 amide bonds. The van der Waals surface area contributed by atoms with Crippen LogP contribution in [0.4, 0.5) is 0 Å². The van der Waals surface area contributed by atoms with Gasteiger partial charge in [0.15, 0.2) is 0 Å². The van der Waals surface area contributed by atoms with Gasteiger partial charge in [-0.15, -0.1) is 0 Å². The fourth-order valence-corrected chi connectivity index (χ4v) is 2.95. The number of aryl methyl sites for hydroxylation is 2. The van der Waals surface area contributed by atoms with E-state index in [9.17, 15) is 4.79 Å². The van der Waals surface area contributed by atoms with Gasteiger partial charge < -0.3 is 4.57 Å². The molecular formula is C20H21N3O. The molecule has 0 bridgehead atoms. The zero-order valence-electron chi connectivity index (χ0n) is 14.2. The molecule has 4 heteroatoms. The fourth-order valence-electron chi connectivity index (χ4n) is 2.95. The van der Waals surface area contributed by atoms with Gasteiger partial charge in [0.05, 0.1) is 6.21 Å². The van der Waals surface area contributed by atoms with Crippen molar-refractivity contribution < 1.29 is 4.79 Å². The van der Waals surface area contributed by atoms with E-state index >= 15 is 0 Å². The maximum Gasteiger partial charge on any atom is 0.271 e. The Hall–Kier alpha value is -2.88. The topological polar surface area (TPSA) is 46.4 Å². The van der Waals surface area contributed by atoms with Gasteiger partial charge in [-0.3, -0.25) is 4.79 Å². The van der Waals surface area contributed by atoms with Crippen LogP contribution in [-0.4, -0.2) is 16.7 Å². The summed E-state index contributed by atoms with van der Waals surface area (Å²) in [5.74, 6) is -0.205. The quantitative estimate of drug-likeness (QED) is 0.572. The van der Waals surface area contributed by atoms with Crippen molar-refractivity contribution in [2.24, 2.45) is 5.10 Å². The van der Waals surface area contributed by atoms with Crippen LogP contribution < -0.4 is 5.43 Å². The number of fused-ring (bicyclic) bond motifs is 1. The summed E-state index contributed by atoms with van der Waals surface area (Å²) in [6.07, 6.45) is 1.73. The number of carbonyl (C=O) groups excluding carboxylic acids is 1. The molecule has 0 radical (unpaired) electrons. The van der Waals surface area contributed by atoms with Gasteiger partial charge in [0.2, 0.25) is 0 Å². The van der Waals surface area contributed by atoms with E-state index in [-0.39, 0.29) is 5.91 Å². The Morgan fingerprint density at radius 1 is 1.12 bits per heavy atom. The molecule has 0 aliphatic carbocycles. The normalized spacial score (nSPS) is 11.3. The summed E-state index contributed by atoms with van der Waals surface area (Å²) in [5.41, 5.74) is 7.70. The van der Waals surface area contributed by atoms with Crippen molar-refractivity contribution in [1.29, 1.82) is 0 Å².